The summed E-state index contributed by atoms with van der Waals surface area (Å²) in [4.78, 5) is 37.9. The van der Waals surface area contributed by atoms with Gasteiger partial charge in [0.2, 0.25) is 0 Å². The van der Waals surface area contributed by atoms with E-state index in [2.05, 4.69) is 27.0 Å². The van der Waals surface area contributed by atoms with Crippen LogP contribution in [0.2, 0.25) is 5.02 Å². The number of hydrogen-bond donors (Lipinski definition) is 2. The first-order valence-electron chi connectivity index (χ1n) is 13.9. The number of hydrogen-bond acceptors (Lipinski definition) is 6. The Morgan fingerprint density at radius 3 is 2.36 bits per heavy atom. The third-order valence-corrected chi connectivity index (χ3v) is 8.91. The lowest BCUT2D eigenvalue weighted by atomic mass is 9.70. The molecule has 1 aliphatic heterocycles. The van der Waals surface area contributed by atoms with E-state index in [0.717, 1.165) is 62.9 Å². The summed E-state index contributed by atoms with van der Waals surface area (Å²) in [5.41, 5.74) is 3.28. The van der Waals surface area contributed by atoms with Crippen molar-refractivity contribution in [3.05, 3.63) is 35.4 Å². The second-order valence-electron chi connectivity index (χ2n) is 11.7. The molecule has 2 aliphatic rings. The van der Waals surface area contributed by atoms with E-state index < -0.39 is 11.4 Å². The first kappa shape index (κ1) is 27.4. The average Bonchev–Trinajstić information content (AvgIpc) is 3.29. The van der Waals surface area contributed by atoms with Gasteiger partial charge in [-0.3, -0.25) is 4.79 Å². The van der Waals surface area contributed by atoms with Gasteiger partial charge in [0.15, 0.2) is 5.65 Å². The van der Waals surface area contributed by atoms with Gasteiger partial charge in [-0.15, -0.1) is 0 Å². The minimum atomic E-state index is -0.747. The van der Waals surface area contributed by atoms with Crippen LogP contribution in [0.3, 0.4) is 0 Å². The van der Waals surface area contributed by atoms with Crippen molar-refractivity contribution in [2.75, 3.05) is 18.0 Å². The number of imidazole rings is 1. The van der Waals surface area contributed by atoms with Crippen molar-refractivity contribution in [2.45, 2.75) is 71.8 Å². The summed E-state index contributed by atoms with van der Waals surface area (Å²) in [6.07, 6.45) is 5.95. The Morgan fingerprint density at radius 2 is 1.74 bits per heavy atom. The first-order valence-corrected chi connectivity index (χ1v) is 14.3. The summed E-state index contributed by atoms with van der Waals surface area (Å²) in [7, 11) is 0. The molecule has 0 amide bonds. The molecule has 0 atom stereocenters. The number of aromatic amines is 1. The minimum absolute atomic E-state index is 0.0126. The van der Waals surface area contributed by atoms with E-state index in [1.807, 2.05) is 18.2 Å². The third-order valence-electron chi connectivity index (χ3n) is 8.63. The molecule has 0 radical (unpaired) electrons. The number of rotatable bonds is 8. The minimum Gasteiger partial charge on any atom is -0.481 e. The molecular weight excluding hydrogens is 516 g/mol. The number of H-pyrrole nitrogens is 1. The number of ether oxygens (including phenoxy) is 1. The maximum Gasteiger partial charge on any atom is 0.309 e. The number of carbonyl (C=O) groups excluding carboxylic acids is 1. The highest BCUT2D eigenvalue weighted by Crippen LogP contribution is 2.39. The number of benzene rings is 1. The van der Waals surface area contributed by atoms with Gasteiger partial charge in [-0.05, 0) is 89.3 Å². The number of carboxylic acid groups (broad SMARTS) is 1. The molecule has 1 saturated carbocycles. The second kappa shape index (κ2) is 11.2. The summed E-state index contributed by atoms with van der Waals surface area (Å²) < 4.78 is 6.14. The summed E-state index contributed by atoms with van der Waals surface area (Å²) in [6.45, 7) is 7.20. The lowest BCUT2D eigenvalue weighted by Crippen LogP contribution is -2.37. The van der Waals surface area contributed by atoms with Crippen molar-refractivity contribution < 1.29 is 19.4 Å². The van der Waals surface area contributed by atoms with E-state index in [1.54, 1.807) is 20.8 Å². The molecule has 1 saturated heterocycles. The molecule has 2 fully saturated rings. The first-order chi connectivity index (χ1) is 18.6. The standard InChI is InChI=1S/C30H37ClN4O4/c1-18(36)16-19-12-14-35(15-13-19)22-8-4-20(5-9-22)26-24(31)17-25-27(33-26)34-29(32-25)39-23-10-6-21(7-11-23)30(2,3)28(37)38/h4-5,8-9,17,19,21,23H,6-7,10-16H2,1-3H3,(H,37,38)(H,32,33,34). The van der Waals surface area contributed by atoms with Gasteiger partial charge in [0.1, 0.15) is 11.9 Å². The number of piperidine rings is 1. The number of fused-ring (bicyclic) bond motifs is 1. The maximum absolute atomic E-state index is 11.6. The van der Waals surface area contributed by atoms with Crippen LogP contribution in [-0.2, 0) is 9.59 Å². The molecule has 208 valence electrons. The van der Waals surface area contributed by atoms with E-state index in [9.17, 15) is 14.7 Å². The van der Waals surface area contributed by atoms with Gasteiger partial charge in [0.25, 0.3) is 6.01 Å². The van der Waals surface area contributed by atoms with E-state index in [1.165, 1.54) is 0 Å². The Balaban J connectivity index is 1.23. The van der Waals surface area contributed by atoms with Crippen molar-refractivity contribution >= 4 is 40.2 Å². The van der Waals surface area contributed by atoms with Crippen LogP contribution in [-0.4, -0.2) is 51.0 Å². The van der Waals surface area contributed by atoms with Crippen LogP contribution < -0.4 is 9.64 Å². The van der Waals surface area contributed by atoms with Gasteiger partial charge < -0.3 is 24.5 Å². The molecule has 3 heterocycles. The highest BCUT2D eigenvalue weighted by Gasteiger charge is 2.39. The third kappa shape index (κ3) is 6.06. The van der Waals surface area contributed by atoms with Crippen LogP contribution in [0.5, 0.6) is 6.01 Å². The normalized spacial score (nSPS) is 20.8. The van der Waals surface area contributed by atoms with Crippen LogP contribution in [0.4, 0.5) is 5.69 Å². The van der Waals surface area contributed by atoms with E-state index in [0.29, 0.717) is 40.2 Å². The van der Waals surface area contributed by atoms with Gasteiger partial charge >= 0.3 is 5.97 Å². The molecule has 1 aliphatic carbocycles. The van der Waals surface area contributed by atoms with Gasteiger partial charge in [0.05, 0.1) is 21.6 Å². The van der Waals surface area contributed by atoms with Crippen LogP contribution in [0.1, 0.15) is 65.7 Å². The zero-order valence-corrected chi connectivity index (χ0v) is 23.6. The zero-order valence-electron chi connectivity index (χ0n) is 22.9. The van der Waals surface area contributed by atoms with Gasteiger partial charge in [-0.1, -0.05) is 23.7 Å². The number of halogens is 1. The van der Waals surface area contributed by atoms with Crippen LogP contribution in [0.25, 0.3) is 22.4 Å². The number of carboxylic acids is 1. The molecule has 0 spiro atoms. The molecule has 0 unspecified atom stereocenters. The van der Waals surface area contributed by atoms with E-state index >= 15 is 0 Å². The number of aliphatic carboxylic acids is 1. The lowest BCUT2D eigenvalue weighted by molar-refractivity contribution is -0.151. The molecule has 1 aromatic carbocycles. The average molecular weight is 553 g/mol. The zero-order chi connectivity index (χ0) is 27.7. The molecule has 39 heavy (non-hydrogen) atoms. The summed E-state index contributed by atoms with van der Waals surface area (Å²) in [6, 6.07) is 10.5. The van der Waals surface area contributed by atoms with Crippen LogP contribution in [0, 0.1) is 17.3 Å². The number of Topliss-reactive ketones (excluding diaryl/α,β-unsaturated/α-hetero) is 1. The highest BCUT2D eigenvalue weighted by atomic mass is 35.5. The van der Waals surface area contributed by atoms with Gasteiger partial charge in [-0.25, -0.2) is 4.98 Å². The predicted molar refractivity (Wildman–Crippen MR) is 152 cm³/mol. The number of nitrogens with one attached hydrogen (secondary N) is 1. The fourth-order valence-corrected chi connectivity index (χ4v) is 6.28. The van der Waals surface area contributed by atoms with Crippen molar-refractivity contribution in [1.82, 2.24) is 15.0 Å². The predicted octanol–water partition coefficient (Wildman–Crippen LogP) is 6.52. The quantitative estimate of drug-likeness (QED) is 0.327. The van der Waals surface area contributed by atoms with Crippen LogP contribution in [0.15, 0.2) is 30.3 Å². The highest BCUT2D eigenvalue weighted by molar-refractivity contribution is 6.33. The molecular formula is C30H37ClN4O4. The fourth-order valence-electron chi connectivity index (χ4n) is 6.02. The van der Waals surface area contributed by atoms with Gasteiger partial charge in [-0.2, -0.15) is 4.98 Å². The van der Waals surface area contributed by atoms with E-state index in [-0.39, 0.29) is 17.8 Å². The smallest absolute Gasteiger partial charge is 0.309 e. The number of nitrogens with zero attached hydrogens (tertiary/aromatic N) is 3. The molecule has 0 bridgehead atoms. The number of ketones is 1. The van der Waals surface area contributed by atoms with Gasteiger partial charge in [0, 0.05) is 30.8 Å². The number of aromatic nitrogens is 3. The number of carbonyl (C=O) groups is 2. The maximum atomic E-state index is 11.6. The Hall–Kier alpha value is -3.13. The lowest BCUT2D eigenvalue weighted by Gasteiger charge is -2.36. The Morgan fingerprint density at radius 1 is 1.08 bits per heavy atom. The van der Waals surface area contributed by atoms with Crippen LogP contribution >= 0.6 is 11.6 Å². The van der Waals surface area contributed by atoms with E-state index in [4.69, 9.17) is 21.3 Å². The van der Waals surface area contributed by atoms with Crippen molar-refractivity contribution in [3.8, 4) is 17.3 Å². The number of anilines is 1. The Kier molecular flexibility index (Phi) is 7.85. The molecule has 2 aromatic heterocycles. The topological polar surface area (TPSA) is 108 Å². The SMILES string of the molecule is CC(=O)CC1CCN(c2ccc(-c3nc4nc(OC5CCC(C(C)(C)C(=O)O)CC5)[nH]c4cc3Cl)cc2)CC1. The summed E-state index contributed by atoms with van der Waals surface area (Å²) in [5.74, 6) is 0.162. The summed E-state index contributed by atoms with van der Waals surface area (Å²) in [5, 5.41) is 10.1. The van der Waals surface area contributed by atoms with Crippen molar-refractivity contribution in [2.24, 2.45) is 17.3 Å². The largest absolute Gasteiger partial charge is 0.481 e. The Labute approximate surface area is 234 Å². The molecule has 5 rings (SSSR count). The number of pyridine rings is 1. The monoisotopic (exact) mass is 552 g/mol. The second-order valence-corrected chi connectivity index (χ2v) is 12.1. The molecule has 2 N–H and O–H groups in total. The Bertz CT molecular complexity index is 1340. The fraction of sp³-hybridized carbons (Fsp3) is 0.533. The molecule has 3 aromatic rings. The summed E-state index contributed by atoms with van der Waals surface area (Å²) >= 11 is 6.63. The molecule has 8 nitrogen and oxygen atoms in total. The van der Waals surface area contributed by atoms with Crippen molar-refractivity contribution in [3.63, 3.8) is 0 Å². The molecule has 9 heteroatoms. The van der Waals surface area contributed by atoms with Crippen molar-refractivity contribution in [1.29, 1.82) is 0 Å².